The lowest BCUT2D eigenvalue weighted by Crippen LogP contribution is -1.96. The van der Waals surface area contributed by atoms with Gasteiger partial charge in [0, 0.05) is 21.9 Å². The normalized spacial score (nSPS) is 11.9. The van der Waals surface area contributed by atoms with Crippen LogP contribution in [0, 0.1) is 0 Å². The van der Waals surface area contributed by atoms with Crippen molar-refractivity contribution in [3.05, 3.63) is 115 Å². The fourth-order valence-electron chi connectivity index (χ4n) is 5.20. The van der Waals surface area contributed by atoms with Crippen LogP contribution in [0.2, 0.25) is 0 Å². The summed E-state index contributed by atoms with van der Waals surface area (Å²) in [6.07, 6.45) is 0. The highest BCUT2D eigenvalue weighted by Crippen LogP contribution is 2.47. The van der Waals surface area contributed by atoms with Gasteiger partial charge in [0.25, 0.3) is 0 Å². The van der Waals surface area contributed by atoms with Gasteiger partial charge in [-0.15, -0.1) is 0 Å². The van der Waals surface area contributed by atoms with Crippen molar-refractivity contribution in [1.82, 2.24) is 4.57 Å². The van der Waals surface area contributed by atoms with Gasteiger partial charge >= 0.3 is 0 Å². The van der Waals surface area contributed by atoms with E-state index in [1.807, 2.05) is 0 Å². The zero-order valence-corrected chi connectivity index (χ0v) is 16.9. The first-order chi connectivity index (χ1) is 15.4. The summed E-state index contributed by atoms with van der Waals surface area (Å²) in [5.74, 6) is 0. The first-order valence-electron chi connectivity index (χ1n) is 10.7. The zero-order valence-electron chi connectivity index (χ0n) is 16.9. The summed E-state index contributed by atoms with van der Waals surface area (Å²) in [6, 6.07) is 41.8. The van der Waals surface area contributed by atoms with Crippen LogP contribution in [0.4, 0.5) is 0 Å². The zero-order chi connectivity index (χ0) is 20.4. The lowest BCUT2D eigenvalue weighted by atomic mass is 9.92. The molecule has 1 nitrogen and oxygen atoms in total. The van der Waals surface area contributed by atoms with Crippen LogP contribution >= 0.6 is 0 Å². The summed E-state index contributed by atoms with van der Waals surface area (Å²) < 4.78 is 2.46. The molecule has 0 spiro atoms. The van der Waals surface area contributed by atoms with E-state index < -0.39 is 0 Å². The van der Waals surface area contributed by atoms with Crippen LogP contribution in [-0.4, -0.2) is 4.57 Å². The van der Waals surface area contributed by atoms with Crippen molar-refractivity contribution in [2.75, 3.05) is 0 Å². The SMILES string of the molecule is c1ccc(-c2ccc3c(c2)-c2ccccc2-c2cccc4c5ccccc5n-3c24)cc1. The largest absolute Gasteiger partial charge is 0.308 e. The van der Waals surface area contributed by atoms with E-state index in [9.17, 15) is 0 Å². The molecule has 0 amide bonds. The molecular weight excluding hydrogens is 374 g/mol. The molecule has 1 aliphatic rings. The molecule has 0 aliphatic carbocycles. The fourth-order valence-corrected chi connectivity index (χ4v) is 5.20. The van der Waals surface area contributed by atoms with E-state index in [-0.39, 0.29) is 0 Å². The number of para-hydroxylation sites is 2. The van der Waals surface area contributed by atoms with Crippen molar-refractivity contribution in [1.29, 1.82) is 0 Å². The second-order valence-electron chi connectivity index (χ2n) is 8.20. The Morgan fingerprint density at radius 2 is 1.10 bits per heavy atom. The van der Waals surface area contributed by atoms with Gasteiger partial charge < -0.3 is 4.57 Å². The number of hydrogen-bond acceptors (Lipinski definition) is 0. The maximum Gasteiger partial charge on any atom is 0.0619 e. The van der Waals surface area contributed by atoms with Crippen LogP contribution in [-0.2, 0) is 0 Å². The van der Waals surface area contributed by atoms with Gasteiger partial charge in [-0.3, -0.25) is 0 Å². The van der Waals surface area contributed by atoms with E-state index in [1.54, 1.807) is 0 Å². The molecule has 0 saturated heterocycles. The highest BCUT2D eigenvalue weighted by atomic mass is 15.0. The number of aromatic nitrogens is 1. The smallest absolute Gasteiger partial charge is 0.0619 e. The number of fused-ring (bicyclic) bond motifs is 8. The molecule has 5 aromatic carbocycles. The van der Waals surface area contributed by atoms with Gasteiger partial charge in [-0.1, -0.05) is 97.1 Å². The highest BCUT2D eigenvalue weighted by molar-refractivity contribution is 6.16. The van der Waals surface area contributed by atoms with Crippen LogP contribution in [0.3, 0.4) is 0 Å². The Labute approximate surface area is 180 Å². The van der Waals surface area contributed by atoms with E-state index >= 15 is 0 Å². The number of rotatable bonds is 1. The standard InChI is InChI=1S/C30H19N/c1-2-9-20(10-3-1)21-17-18-29-27(19-21)23-12-5-4-11-22(23)25-14-8-15-26-24-13-6-7-16-28(24)31(29)30(25)26/h1-19H. The number of nitrogens with zero attached hydrogens (tertiary/aromatic N) is 1. The summed E-state index contributed by atoms with van der Waals surface area (Å²) in [5.41, 5.74) is 11.4. The Kier molecular flexibility index (Phi) is 3.33. The van der Waals surface area contributed by atoms with Gasteiger partial charge in [-0.05, 0) is 40.5 Å². The minimum absolute atomic E-state index is 1.24. The first-order valence-corrected chi connectivity index (χ1v) is 10.7. The van der Waals surface area contributed by atoms with E-state index in [0.29, 0.717) is 0 Å². The van der Waals surface area contributed by atoms with E-state index in [2.05, 4.69) is 120 Å². The summed E-state index contributed by atoms with van der Waals surface area (Å²) >= 11 is 0. The fraction of sp³-hybridized carbons (Fsp3) is 0. The topological polar surface area (TPSA) is 4.93 Å². The van der Waals surface area contributed by atoms with Crippen LogP contribution < -0.4 is 0 Å². The van der Waals surface area contributed by atoms with E-state index in [4.69, 9.17) is 0 Å². The molecule has 6 aromatic rings. The van der Waals surface area contributed by atoms with Gasteiger partial charge in [-0.2, -0.15) is 0 Å². The maximum absolute atomic E-state index is 2.46. The van der Waals surface area contributed by atoms with Crippen LogP contribution in [0.25, 0.3) is 60.9 Å². The monoisotopic (exact) mass is 393 g/mol. The molecule has 2 heterocycles. The Morgan fingerprint density at radius 3 is 1.97 bits per heavy atom. The third kappa shape index (κ3) is 2.26. The highest BCUT2D eigenvalue weighted by Gasteiger charge is 2.24. The second kappa shape index (κ2) is 6.20. The van der Waals surface area contributed by atoms with Crippen molar-refractivity contribution < 1.29 is 0 Å². The third-order valence-electron chi connectivity index (χ3n) is 6.55. The van der Waals surface area contributed by atoms with Crippen molar-refractivity contribution in [2.45, 2.75) is 0 Å². The maximum atomic E-state index is 2.46. The van der Waals surface area contributed by atoms with Crippen LogP contribution in [0.1, 0.15) is 0 Å². The molecule has 0 unspecified atom stereocenters. The predicted molar refractivity (Wildman–Crippen MR) is 131 cm³/mol. The van der Waals surface area contributed by atoms with Gasteiger partial charge in [0.15, 0.2) is 0 Å². The van der Waals surface area contributed by atoms with Crippen LogP contribution in [0.5, 0.6) is 0 Å². The third-order valence-corrected chi connectivity index (χ3v) is 6.55. The number of hydrogen-bond donors (Lipinski definition) is 0. The van der Waals surface area contributed by atoms with Crippen molar-refractivity contribution >= 4 is 21.8 Å². The molecule has 0 saturated carbocycles. The molecular formula is C30H19N. The molecule has 0 atom stereocenters. The molecule has 0 N–H and O–H groups in total. The number of benzene rings is 5. The second-order valence-corrected chi connectivity index (χ2v) is 8.20. The van der Waals surface area contributed by atoms with E-state index in [0.717, 1.165) is 0 Å². The minimum atomic E-state index is 1.24. The molecule has 0 bridgehead atoms. The van der Waals surface area contributed by atoms with Crippen LogP contribution in [0.15, 0.2) is 115 Å². The predicted octanol–water partition coefficient (Wildman–Crippen LogP) is 8.10. The molecule has 31 heavy (non-hydrogen) atoms. The van der Waals surface area contributed by atoms with Crippen molar-refractivity contribution in [3.8, 4) is 39.1 Å². The Bertz CT molecular complexity index is 1620. The lowest BCUT2D eigenvalue weighted by Gasteiger charge is -2.14. The van der Waals surface area contributed by atoms with Gasteiger partial charge in [-0.25, -0.2) is 0 Å². The van der Waals surface area contributed by atoms with Crippen molar-refractivity contribution in [2.24, 2.45) is 0 Å². The van der Waals surface area contributed by atoms with Gasteiger partial charge in [0.1, 0.15) is 0 Å². The molecule has 0 fully saturated rings. The molecule has 1 aliphatic heterocycles. The summed E-state index contributed by atoms with van der Waals surface area (Å²) in [7, 11) is 0. The van der Waals surface area contributed by atoms with E-state index in [1.165, 1.54) is 60.9 Å². The average Bonchev–Trinajstić information content (AvgIpc) is 3.12. The summed E-state index contributed by atoms with van der Waals surface area (Å²) in [5, 5.41) is 2.61. The minimum Gasteiger partial charge on any atom is -0.308 e. The summed E-state index contributed by atoms with van der Waals surface area (Å²) in [6.45, 7) is 0. The quantitative estimate of drug-likeness (QED) is 0.265. The molecule has 1 aromatic heterocycles. The Balaban J connectivity index is 1.68. The molecule has 7 rings (SSSR count). The molecule has 1 heteroatoms. The molecule has 144 valence electrons. The van der Waals surface area contributed by atoms with Gasteiger partial charge in [0.05, 0.1) is 16.7 Å². The first kappa shape index (κ1) is 16.7. The Morgan fingerprint density at radius 1 is 0.419 bits per heavy atom. The summed E-state index contributed by atoms with van der Waals surface area (Å²) in [4.78, 5) is 0. The molecule has 0 radical (unpaired) electrons. The average molecular weight is 393 g/mol. The lowest BCUT2D eigenvalue weighted by molar-refractivity contribution is 1.19. The Hall–Kier alpha value is -4.10. The van der Waals surface area contributed by atoms with Gasteiger partial charge in [0.2, 0.25) is 0 Å². The van der Waals surface area contributed by atoms with Crippen molar-refractivity contribution in [3.63, 3.8) is 0 Å².